The molecule has 1 fully saturated rings. The first kappa shape index (κ1) is 13.0. The van der Waals surface area contributed by atoms with Crippen LogP contribution < -0.4 is 5.73 Å². The molecular weight excluding hydrogens is 184 g/mol. The molecule has 2 unspecified atom stereocenters. The van der Waals surface area contributed by atoms with Gasteiger partial charge in [-0.05, 0) is 25.3 Å². The van der Waals surface area contributed by atoms with E-state index in [1.807, 2.05) is 0 Å². The number of nitrogens with two attached hydrogens (primary N) is 1. The maximum atomic E-state index is 6.03. The van der Waals surface area contributed by atoms with Crippen LogP contribution in [0.2, 0.25) is 0 Å². The maximum absolute atomic E-state index is 6.03. The van der Waals surface area contributed by atoms with Gasteiger partial charge in [-0.25, -0.2) is 0 Å². The Morgan fingerprint density at radius 2 is 1.87 bits per heavy atom. The van der Waals surface area contributed by atoms with Gasteiger partial charge in [-0.15, -0.1) is 0 Å². The topological polar surface area (TPSA) is 29.3 Å². The lowest BCUT2D eigenvalue weighted by atomic mass is 9.96. The van der Waals surface area contributed by atoms with Crippen molar-refractivity contribution in [3.63, 3.8) is 0 Å². The zero-order valence-electron chi connectivity index (χ0n) is 10.5. The van der Waals surface area contributed by atoms with Crippen LogP contribution >= 0.6 is 0 Å². The number of hydrogen-bond donors (Lipinski definition) is 1. The molecule has 1 aliphatic heterocycles. The molecule has 0 bridgehead atoms. The van der Waals surface area contributed by atoms with Crippen LogP contribution in [-0.2, 0) is 0 Å². The van der Waals surface area contributed by atoms with Gasteiger partial charge in [0.25, 0.3) is 0 Å². The van der Waals surface area contributed by atoms with Crippen molar-refractivity contribution in [3.8, 4) is 0 Å². The monoisotopic (exact) mass is 212 g/mol. The second-order valence-corrected chi connectivity index (χ2v) is 5.27. The lowest BCUT2D eigenvalue weighted by molar-refractivity contribution is 0.162. The molecule has 2 atom stereocenters. The van der Waals surface area contributed by atoms with Gasteiger partial charge < -0.3 is 10.6 Å². The third-order valence-electron chi connectivity index (χ3n) is 3.35. The second kappa shape index (κ2) is 7.24. The fourth-order valence-corrected chi connectivity index (χ4v) is 2.63. The second-order valence-electron chi connectivity index (χ2n) is 5.27. The minimum atomic E-state index is 0.421. The maximum Gasteiger partial charge on any atom is 0.0170 e. The lowest BCUT2D eigenvalue weighted by Crippen LogP contribution is -2.46. The zero-order chi connectivity index (χ0) is 11.1. The first-order chi connectivity index (χ1) is 7.22. The first-order valence-electron chi connectivity index (χ1n) is 6.70. The molecular formula is C13H28N2. The van der Waals surface area contributed by atoms with E-state index in [-0.39, 0.29) is 0 Å². The molecule has 2 heteroatoms. The molecule has 1 saturated heterocycles. The molecule has 0 spiro atoms. The molecule has 1 rings (SSSR count). The molecule has 2 N–H and O–H groups in total. The summed E-state index contributed by atoms with van der Waals surface area (Å²) in [6.07, 6.45) is 8.12. The number of piperidine rings is 1. The molecule has 1 heterocycles. The van der Waals surface area contributed by atoms with E-state index in [0.29, 0.717) is 6.04 Å². The average Bonchev–Trinajstić information content (AvgIpc) is 2.16. The van der Waals surface area contributed by atoms with Crippen molar-refractivity contribution >= 4 is 0 Å². The van der Waals surface area contributed by atoms with Crippen molar-refractivity contribution in [2.24, 2.45) is 11.7 Å². The number of hydrogen-bond acceptors (Lipinski definition) is 2. The van der Waals surface area contributed by atoms with Crippen LogP contribution in [-0.4, -0.2) is 30.6 Å². The average molecular weight is 212 g/mol. The third kappa shape index (κ3) is 5.53. The van der Waals surface area contributed by atoms with Crippen LogP contribution in [0.5, 0.6) is 0 Å². The molecule has 0 amide bonds. The Kier molecular flexibility index (Phi) is 6.26. The quantitative estimate of drug-likeness (QED) is 0.686. The number of rotatable bonds is 6. The van der Waals surface area contributed by atoms with Gasteiger partial charge in [0.05, 0.1) is 0 Å². The normalized spacial score (nSPS) is 28.2. The summed E-state index contributed by atoms with van der Waals surface area (Å²) in [6.45, 7) is 8.25. The smallest absolute Gasteiger partial charge is 0.0170 e. The van der Waals surface area contributed by atoms with E-state index >= 15 is 0 Å². The van der Waals surface area contributed by atoms with Crippen LogP contribution in [0.15, 0.2) is 0 Å². The Morgan fingerprint density at radius 1 is 1.13 bits per heavy atom. The van der Waals surface area contributed by atoms with Gasteiger partial charge in [0, 0.05) is 19.1 Å². The van der Waals surface area contributed by atoms with E-state index in [2.05, 4.69) is 18.7 Å². The number of likely N-dealkylation sites (tertiary alicyclic amines) is 1. The summed E-state index contributed by atoms with van der Waals surface area (Å²) in [5, 5.41) is 0. The zero-order valence-corrected chi connectivity index (χ0v) is 10.5. The molecule has 2 nitrogen and oxygen atoms in total. The van der Waals surface area contributed by atoms with E-state index in [0.717, 1.165) is 12.5 Å². The van der Waals surface area contributed by atoms with E-state index in [4.69, 9.17) is 5.73 Å². The van der Waals surface area contributed by atoms with Crippen LogP contribution in [0, 0.1) is 5.92 Å². The summed E-state index contributed by atoms with van der Waals surface area (Å²) < 4.78 is 0. The van der Waals surface area contributed by atoms with Gasteiger partial charge in [-0.2, -0.15) is 0 Å². The standard InChI is InChI=1S/C13H28N2/c1-3-4-5-6-7-8-15-10-12(2)9-13(14)11-15/h12-13H,3-11,14H2,1-2H3. The Labute approximate surface area is 95.2 Å². The van der Waals surface area contributed by atoms with E-state index in [1.54, 1.807) is 0 Å². The minimum Gasteiger partial charge on any atom is -0.327 e. The van der Waals surface area contributed by atoms with Crippen molar-refractivity contribution < 1.29 is 0 Å². The molecule has 0 aromatic carbocycles. The van der Waals surface area contributed by atoms with Crippen LogP contribution in [0.25, 0.3) is 0 Å². The molecule has 0 saturated carbocycles. The number of unbranched alkanes of at least 4 members (excludes halogenated alkanes) is 4. The first-order valence-corrected chi connectivity index (χ1v) is 6.70. The summed E-state index contributed by atoms with van der Waals surface area (Å²) in [5.74, 6) is 0.796. The van der Waals surface area contributed by atoms with Crippen molar-refractivity contribution in [3.05, 3.63) is 0 Å². The van der Waals surface area contributed by atoms with Crippen molar-refractivity contribution in [2.45, 2.75) is 58.4 Å². The molecule has 1 aliphatic rings. The Morgan fingerprint density at radius 3 is 2.53 bits per heavy atom. The molecule has 0 radical (unpaired) electrons. The summed E-state index contributed by atoms with van der Waals surface area (Å²) in [5.41, 5.74) is 6.03. The minimum absolute atomic E-state index is 0.421. The highest BCUT2D eigenvalue weighted by Crippen LogP contribution is 2.15. The SMILES string of the molecule is CCCCCCCN1CC(C)CC(N)C1. The van der Waals surface area contributed by atoms with Gasteiger partial charge >= 0.3 is 0 Å². The van der Waals surface area contributed by atoms with Gasteiger partial charge in [-0.1, -0.05) is 39.5 Å². The van der Waals surface area contributed by atoms with Crippen LogP contribution in [0.4, 0.5) is 0 Å². The number of nitrogens with zero attached hydrogens (tertiary/aromatic N) is 1. The van der Waals surface area contributed by atoms with Crippen LogP contribution in [0.3, 0.4) is 0 Å². The molecule has 90 valence electrons. The predicted octanol–water partition coefficient (Wildman–Crippen LogP) is 2.63. The highest BCUT2D eigenvalue weighted by Gasteiger charge is 2.21. The third-order valence-corrected chi connectivity index (χ3v) is 3.35. The van der Waals surface area contributed by atoms with Crippen molar-refractivity contribution in [1.82, 2.24) is 4.90 Å². The fourth-order valence-electron chi connectivity index (χ4n) is 2.63. The fraction of sp³-hybridized carbons (Fsp3) is 1.00. The van der Waals surface area contributed by atoms with Gasteiger partial charge in [0.2, 0.25) is 0 Å². The largest absolute Gasteiger partial charge is 0.327 e. The van der Waals surface area contributed by atoms with Gasteiger partial charge in [0.15, 0.2) is 0 Å². The van der Waals surface area contributed by atoms with Crippen molar-refractivity contribution in [1.29, 1.82) is 0 Å². The van der Waals surface area contributed by atoms with Gasteiger partial charge in [0.1, 0.15) is 0 Å². The van der Waals surface area contributed by atoms with E-state index < -0.39 is 0 Å². The molecule has 0 aromatic rings. The molecule has 0 aromatic heterocycles. The van der Waals surface area contributed by atoms with E-state index in [9.17, 15) is 0 Å². The highest BCUT2D eigenvalue weighted by molar-refractivity contribution is 4.78. The molecule has 15 heavy (non-hydrogen) atoms. The summed E-state index contributed by atoms with van der Waals surface area (Å²) in [4.78, 5) is 2.56. The summed E-state index contributed by atoms with van der Waals surface area (Å²) >= 11 is 0. The summed E-state index contributed by atoms with van der Waals surface area (Å²) in [6, 6.07) is 0.421. The Hall–Kier alpha value is -0.0800. The Bertz CT molecular complexity index is 149. The summed E-state index contributed by atoms with van der Waals surface area (Å²) in [7, 11) is 0. The van der Waals surface area contributed by atoms with E-state index in [1.165, 1.54) is 51.6 Å². The molecule has 0 aliphatic carbocycles. The van der Waals surface area contributed by atoms with Crippen molar-refractivity contribution in [2.75, 3.05) is 19.6 Å². The highest BCUT2D eigenvalue weighted by atomic mass is 15.1. The predicted molar refractivity (Wildman–Crippen MR) is 67.0 cm³/mol. The lowest BCUT2D eigenvalue weighted by Gasteiger charge is -2.34. The Balaban J connectivity index is 2.04. The van der Waals surface area contributed by atoms with Gasteiger partial charge in [-0.3, -0.25) is 0 Å². The van der Waals surface area contributed by atoms with Crippen LogP contribution in [0.1, 0.15) is 52.4 Å².